The van der Waals surface area contributed by atoms with Gasteiger partial charge in [-0.2, -0.15) is 0 Å². The van der Waals surface area contributed by atoms with Gasteiger partial charge in [0, 0.05) is 43.2 Å². The number of Topliss-reactive ketones (excluding diaryl/α,β-unsaturated/α-hetero) is 1. The van der Waals surface area contributed by atoms with Crippen molar-refractivity contribution in [3.8, 4) is 0 Å². The maximum Gasteiger partial charge on any atom is 0.220 e. The van der Waals surface area contributed by atoms with E-state index in [0.717, 1.165) is 13.0 Å². The SMILES string of the molecule is O=C(CCC(=O)c1ccccc1)NCCCn1ccc2ccccc21. The second kappa shape index (κ2) is 8.29. The maximum atomic E-state index is 12.0. The normalized spacial score (nSPS) is 10.7. The molecule has 0 spiro atoms. The monoisotopic (exact) mass is 334 g/mol. The molecule has 4 heteroatoms. The standard InChI is InChI=1S/C21H22N2O2/c24-20(18-8-2-1-3-9-18)11-12-21(25)22-14-6-15-23-16-13-17-7-4-5-10-19(17)23/h1-5,7-10,13,16H,6,11-12,14-15H2,(H,22,25). The Kier molecular flexibility index (Phi) is 5.62. The number of carbonyl (C=O) groups excluding carboxylic acids is 2. The van der Waals surface area contributed by atoms with Crippen LogP contribution in [0.4, 0.5) is 0 Å². The summed E-state index contributed by atoms with van der Waals surface area (Å²) in [4.78, 5) is 23.9. The molecule has 1 heterocycles. The number of carbonyl (C=O) groups is 2. The largest absolute Gasteiger partial charge is 0.356 e. The Bertz CT molecular complexity index is 852. The fraction of sp³-hybridized carbons (Fsp3) is 0.238. The molecule has 3 rings (SSSR count). The molecule has 0 bridgehead atoms. The molecule has 25 heavy (non-hydrogen) atoms. The average Bonchev–Trinajstić information content (AvgIpc) is 3.07. The molecule has 0 unspecified atom stereocenters. The summed E-state index contributed by atoms with van der Waals surface area (Å²) in [5.41, 5.74) is 1.87. The minimum absolute atomic E-state index is 0.00885. The third kappa shape index (κ3) is 4.57. The van der Waals surface area contributed by atoms with Gasteiger partial charge in [-0.15, -0.1) is 0 Å². The molecule has 0 atom stereocenters. The van der Waals surface area contributed by atoms with E-state index in [1.165, 1.54) is 10.9 Å². The molecular formula is C21H22N2O2. The maximum absolute atomic E-state index is 12.0. The van der Waals surface area contributed by atoms with Crippen LogP contribution in [-0.2, 0) is 11.3 Å². The van der Waals surface area contributed by atoms with E-state index in [9.17, 15) is 9.59 Å². The van der Waals surface area contributed by atoms with Crippen molar-refractivity contribution in [3.63, 3.8) is 0 Å². The second-order valence-corrected chi connectivity index (χ2v) is 6.06. The molecular weight excluding hydrogens is 312 g/mol. The summed E-state index contributed by atoms with van der Waals surface area (Å²) in [6.07, 6.45) is 3.42. The van der Waals surface area contributed by atoms with Gasteiger partial charge in [0.1, 0.15) is 0 Å². The number of amides is 1. The highest BCUT2D eigenvalue weighted by atomic mass is 16.2. The summed E-state index contributed by atoms with van der Waals surface area (Å²) in [6, 6.07) is 19.5. The minimum atomic E-state index is -0.0679. The van der Waals surface area contributed by atoms with Gasteiger partial charge >= 0.3 is 0 Å². The van der Waals surface area contributed by atoms with Gasteiger partial charge in [0.2, 0.25) is 5.91 Å². The van der Waals surface area contributed by atoms with Crippen LogP contribution in [0.3, 0.4) is 0 Å². The van der Waals surface area contributed by atoms with Crippen LogP contribution in [0.25, 0.3) is 10.9 Å². The predicted molar refractivity (Wildman–Crippen MR) is 99.6 cm³/mol. The number of rotatable bonds is 8. The van der Waals surface area contributed by atoms with E-state index in [-0.39, 0.29) is 24.5 Å². The summed E-state index contributed by atoms with van der Waals surface area (Å²) < 4.78 is 2.19. The van der Waals surface area contributed by atoms with Crippen LogP contribution in [0.1, 0.15) is 29.6 Å². The Morgan fingerprint density at radius 1 is 0.880 bits per heavy atom. The fourth-order valence-electron chi connectivity index (χ4n) is 2.90. The van der Waals surface area contributed by atoms with Crippen molar-refractivity contribution in [2.24, 2.45) is 0 Å². The van der Waals surface area contributed by atoms with Crippen LogP contribution in [0.5, 0.6) is 0 Å². The average molecular weight is 334 g/mol. The Hall–Kier alpha value is -2.88. The number of aromatic nitrogens is 1. The first kappa shape index (κ1) is 17.0. The fourth-order valence-corrected chi connectivity index (χ4v) is 2.90. The molecule has 128 valence electrons. The third-order valence-corrected chi connectivity index (χ3v) is 4.25. The molecule has 4 nitrogen and oxygen atoms in total. The lowest BCUT2D eigenvalue weighted by Gasteiger charge is -2.07. The summed E-state index contributed by atoms with van der Waals surface area (Å²) in [7, 11) is 0. The first-order chi connectivity index (χ1) is 12.2. The molecule has 1 amide bonds. The van der Waals surface area contributed by atoms with Gasteiger partial charge in [0.25, 0.3) is 0 Å². The van der Waals surface area contributed by atoms with Crippen LogP contribution >= 0.6 is 0 Å². The number of nitrogens with zero attached hydrogens (tertiary/aromatic N) is 1. The molecule has 0 radical (unpaired) electrons. The Labute approximate surface area is 147 Å². The highest BCUT2D eigenvalue weighted by Gasteiger charge is 2.08. The zero-order valence-electron chi connectivity index (χ0n) is 14.2. The lowest BCUT2D eigenvalue weighted by molar-refractivity contribution is -0.121. The van der Waals surface area contributed by atoms with Crippen LogP contribution in [0.2, 0.25) is 0 Å². The van der Waals surface area contributed by atoms with Gasteiger partial charge in [0.05, 0.1) is 0 Å². The van der Waals surface area contributed by atoms with Gasteiger partial charge in [-0.25, -0.2) is 0 Å². The van der Waals surface area contributed by atoms with Gasteiger partial charge in [-0.3, -0.25) is 9.59 Å². The first-order valence-corrected chi connectivity index (χ1v) is 8.63. The molecule has 1 N–H and O–H groups in total. The van der Waals surface area contributed by atoms with Gasteiger partial charge in [-0.05, 0) is 23.9 Å². The van der Waals surface area contributed by atoms with E-state index in [1.807, 2.05) is 30.3 Å². The van der Waals surface area contributed by atoms with E-state index in [4.69, 9.17) is 0 Å². The van der Waals surface area contributed by atoms with Crippen molar-refractivity contribution in [1.29, 1.82) is 0 Å². The van der Waals surface area contributed by atoms with Crippen molar-refractivity contribution in [1.82, 2.24) is 9.88 Å². The molecule has 0 aliphatic carbocycles. The number of hydrogen-bond acceptors (Lipinski definition) is 2. The predicted octanol–water partition coefficient (Wildman–Crippen LogP) is 3.81. The molecule has 0 saturated carbocycles. The summed E-state index contributed by atoms with van der Waals surface area (Å²) >= 11 is 0. The molecule has 0 aliphatic rings. The zero-order valence-corrected chi connectivity index (χ0v) is 14.2. The van der Waals surface area contributed by atoms with Crippen molar-refractivity contribution < 1.29 is 9.59 Å². The lowest BCUT2D eigenvalue weighted by Crippen LogP contribution is -2.25. The van der Waals surface area contributed by atoms with E-state index in [0.29, 0.717) is 12.1 Å². The van der Waals surface area contributed by atoms with E-state index >= 15 is 0 Å². The van der Waals surface area contributed by atoms with E-state index in [2.05, 4.69) is 34.3 Å². The van der Waals surface area contributed by atoms with Crippen molar-refractivity contribution in [2.75, 3.05) is 6.54 Å². The number of para-hydroxylation sites is 1. The Balaban J connectivity index is 1.37. The third-order valence-electron chi connectivity index (χ3n) is 4.25. The van der Waals surface area contributed by atoms with Crippen LogP contribution in [0, 0.1) is 0 Å². The highest BCUT2D eigenvalue weighted by molar-refractivity contribution is 5.97. The smallest absolute Gasteiger partial charge is 0.220 e. The van der Waals surface area contributed by atoms with Gasteiger partial charge in [0.15, 0.2) is 5.78 Å². The van der Waals surface area contributed by atoms with Crippen LogP contribution in [-0.4, -0.2) is 22.8 Å². The number of nitrogens with one attached hydrogen (secondary N) is 1. The highest BCUT2D eigenvalue weighted by Crippen LogP contribution is 2.15. The van der Waals surface area contributed by atoms with E-state index < -0.39 is 0 Å². The lowest BCUT2D eigenvalue weighted by atomic mass is 10.1. The molecule has 0 fully saturated rings. The van der Waals surface area contributed by atoms with Crippen molar-refractivity contribution in [3.05, 3.63) is 72.4 Å². The summed E-state index contributed by atoms with van der Waals surface area (Å²) in [6.45, 7) is 1.47. The topological polar surface area (TPSA) is 51.1 Å². The molecule has 0 aliphatic heterocycles. The first-order valence-electron chi connectivity index (χ1n) is 8.63. The van der Waals surface area contributed by atoms with Crippen LogP contribution in [0.15, 0.2) is 66.9 Å². The number of ketones is 1. The number of benzene rings is 2. The zero-order chi connectivity index (χ0) is 17.5. The van der Waals surface area contributed by atoms with E-state index in [1.54, 1.807) is 12.1 Å². The van der Waals surface area contributed by atoms with Crippen LogP contribution < -0.4 is 5.32 Å². The van der Waals surface area contributed by atoms with Crippen molar-refractivity contribution >= 4 is 22.6 Å². The Morgan fingerprint density at radius 2 is 1.64 bits per heavy atom. The number of fused-ring (bicyclic) bond motifs is 1. The summed E-state index contributed by atoms with van der Waals surface area (Å²) in [5.74, 6) is -0.0591. The molecule has 3 aromatic rings. The second-order valence-electron chi connectivity index (χ2n) is 6.06. The van der Waals surface area contributed by atoms with Gasteiger partial charge < -0.3 is 9.88 Å². The van der Waals surface area contributed by atoms with Crippen molar-refractivity contribution in [2.45, 2.75) is 25.8 Å². The van der Waals surface area contributed by atoms with Gasteiger partial charge in [-0.1, -0.05) is 48.5 Å². The number of hydrogen-bond donors (Lipinski definition) is 1. The molecule has 0 saturated heterocycles. The minimum Gasteiger partial charge on any atom is -0.356 e. The quantitative estimate of drug-likeness (QED) is 0.503. The molecule has 2 aromatic carbocycles. The molecule has 1 aromatic heterocycles. The Morgan fingerprint density at radius 3 is 2.48 bits per heavy atom. The summed E-state index contributed by atoms with van der Waals surface area (Å²) in [5, 5.41) is 4.12. The number of aryl methyl sites for hydroxylation is 1.